The molecular formula is C26H25F2N5O2. The molecule has 0 aliphatic carbocycles. The molecule has 0 bridgehead atoms. The maximum Gasteiger partial charge on any atom is 0.256 e. The first kappa shape index (κ1) is 22.8. The van der Waals surface area contributed by atoms with Crippen molar-refractivity contribution in [2.45, 2.75) is 6.61 Å². The van der Waals surface area contributed by atoms with Gasteiger partial charge in [-0.2, -0.15) is 5.10 Å². The fraction of sp³-hybridized carbons (Fsp3) is 0.231. The fourth-order valence-electron chi connectivity index (χ4n) is 4.13. The van der Waals surface area contributed by atoms with Crippen LogP contribution in [0.15, 0.2) is 60.7 Å². The number of H-pyrrole nitrogens is 1. The van der Waals surface area contributed by atoms with Gasteiger partial charge in [-0.05, 0) is 61.1 Å². The molecule has 1 aliphatic heterocycles. The molecule has 1 saturated heterocycles. The van der Waals surface area contributed by atoms with E-state index >= 15 is 0 Å². The number of piperazine rings is 1. The SMILES string of the molecule is CN1CCN(c2cccc(C(=O)Nc3n[nH]c4ccc(OCc5cc(F)cc(F)c5)cc34)c2)CC1. The minimum absolute atomic E-state index is 0.00118. The summed E-state index contributed by atoms with van der Waals surface area (Å²) in [7, 11) is 2.10. The third kappa shape index (κ3) is 5.25. The number of benzene rings is 3. The van der Waals surface area contributed by atoms with Crippen LogP contribution in [-0.4, -0.2) is 54.2 Å². The lowest BCUT2D eigenvalue weighted by molar-refractivity contribution is 0.102. The van der Waals surface area contributed by atoms with Crippen LogP contribution in [0.25, 0.3) is 10.9 Å². The number of amides is 1. The van der Waals surface area contributed by atoms with E-state index in [1.54, 1.807) is 24.3 Å². The summed E-state index contributed by atoms with van der Waals surface area (Å²) in [6.45, 7) is 3.79. The van der Waals surface area contributed by atoms with Crippen molar-refractivity contribution in [3.05, 3.63) is 83.4 Å². The van der Waals surface area contributed by atoms with Gasteiger partial charge in [0.05, 0.1) is 5.52 Å². The zero-order valence-corrected chi connectivity index (χ0v) is 19.2. The molecule has 2 N–H and O–H groups in total. The number of aromatic amines is 1. The van der Waals surface area contributed by atoms with Gasteiger partial charge in [0.25, 0.3) is 5.91 Å². The quantitative estimate of drug-likeness (QED) is 0.430. The molecule has 0 atom stereocenters. The van der Waals surface area contributed by atoms with Crippen molar-refractivity contribution in [1.29, 1.82) is 0 Å². The van der Waals surface area contributed by atoms with Crippen LogP contribution in [0.5, 0.6) is 5.75 Å². The molecule has 1 fully saturated rings. The Labute approximate surface area is 201 Å². The van der Waals surface area contributed by atoms with E-state index in [0.29, 0.717) is 28.1 Å². The summed E-state index contributed by atoms with van der Waals surface area (Å²) in [5, 5.41) is 10.7. The number of rotatable bonds is 6. The number of nitrogens with zero attached hydrogens (tertiary/aromatic N) is 3. The summed E-state index contributed by atoms with van der Waals surface area (Å²) in [5.41, 5.74) is 2.65. The van der Waals surface area contributed by atoms with Crippen molar-refractivity contribution in [2.24, 2.45) is 0 Å². The summed E-state index contributed by atoms with van der Waals surface area (Å²) in [6, 6.07) is 16.0. The highest BCUT2D eigenvalue weighted by Crippen LogP contribution is 2.27. The molecule has 180 valence electrons. The number of carbonyl (C=O) groups is 1. The number of ether oxygens (including phenoxy) is 1. The fourth-order valence-corrected chi connectivity index (χ4v) is 4.13. The first-order valence-corrected chi connectivity index (χ1v) is 11.4. The van der Waals surface area contributed by atoms with Crippen LogP contribution >= 0.6 is 0 Å². The number of nitrogens with one attached hydrogen (secondary N) is 2. The van der Waals surface area contributed by atoms with Gasteiger partial charge in [-0.25, -0.2) is 8.78 Å². The normalized spacial score (nSPS) is 14.3. The van der Waals surface area contributed by atoms with Gasteiger partial charge in [0.15, 0.2) is 5.82 Å². The molecule has 4 aromatic rings. The minimum Gasteiger partial charge on any atom is -0.489 e. The summed E-state index contributed by atoms with van der Waals surface area (Å²) in [6.07, 6.45) is 0. The lowest BCUT2D eigenvalue weighted by Crippen LogP contribution is -2.44. The molecule has 0 unspecified atom stereocenters. The van der Waals surface area contributed by atoms with Crippen LogP contribution in [0.2, 0.25) is 0 Å². The molecule has 5 rings (SSSR count). The Morgan fingerprint density at radius 2 is 1.80 bits per heavy atom. The van der Waals surface area contributed by atoms with Crippen LogP contribution in [0, 0.1) is 11.6 Å². The Morgan fingerprint density at radius 3 is 2.57 bits per heavy atom. The highest BCUT2D eigenvalue weighted by molar-refractivity contribution is 6.08. The number of aromatic nitrogens is 2. The summed E-state index contributed by atoms with van der Waals surface area (Å²) >= 11 is 0. The van der Waals surface area contributed by atoms with Crippen LogP contribution in [0.4, 0.5) is 20.3 Å². The highest BCUT2D eigenvalue weighted by atomic mass is 19.1. The molecule has 0 saturated carbocycles. The first-order valence-electron chi connectivity index (χ1n) is 11.4. The molecule has 0 spiro atoms. The number of hydrogen-bond donors (Lipinski definition) is 2. The number of carbonyl (C=O) groups excluding carboxylic acids is 1. The van der Waals surface area contributed by atoms with Gasteiger partial charge >= 0.3 is 0 Å². The average Bonchev–Trinajstić information content (AvgIpc) is 3.24. The van der Waals surface area contributed by atoms with Crippen LogP contribution in [-0.2, 0) is 6.61 Å². The van der Waals surface area contributed by atoms with Gasteiger partial charge in [0.1, 0.15) is 24.0 Å². The minimum atomic E-state index is -0.657. The monoisotopic (exact) mass is 477 g/mol. The van der Waals surface area contributed by atoms with E-state index in [4.69, 9.17) is 4.74 Å². The molecule has 2 heterocycles. The highest BCUT2D eigenvalue weighted by Gasteiger charge is 2.17. The van der Waals surface area contributed by atoms with Gasteiger partial charge in [-0.15, -0.1) is 0 Å². The van der Waals surface area contributed by atoms with Crippen molar-refractivity contribution < 1.29 is 18.3 Å². The van der Waals surface area contributed by atoms with Gasteiger partial charge in [-0.3, -0.25) is 9.89 Å². The number of hydrogen-bond acceptors (Lipinski definition) is 5. The van der Waals surface area contributed by atoms with E-state index in [2.05, 4.69) is 32.4 Å². The van der Waals surface area contributed by atoms with E-state index in [1.165, 1.54) is 12.1 Å². The topological polar surface area (TPSA) is 73.5 Å². The van der Waals surface area contributed by atoms with Gasteiger partial charge in [-0.1, -0.05) is 6.07 Å². The smallest absolute Gasteiger partial charge is 0.256 e. The second kappa shape index (κ2) is 9.71. The van der Waals surface area contributed by atoms with Crippen LogP contribution in [0.1, 0.15) is 15.9 Å². The Bertz CT molecular complexity index is 1340. The summed E-state index contributed by atoms with van der Waals surface area (Å²) in [4.78, 5) is 17.6. The lowest BCUT2D eigenvalue weighted by atomic mass is 10.1. The number of anilines is 2. The Balaban J connectivity index is 1.30. The Morgan fingerprint density at radius 1 is 1.03 bits per heavy atom. The predicted octanol–water partition coefficient (Wildman–Crippen LogP) is 4.42. The maximum atomic E-state index is 13.4. The Hall–Kier alpha value is -3.98. The average molecular weight is 478 g/mol. The summed E-state index contributed by atoms with van der Waals surface area (Å²) in [5.74, 6) is -0.726. The van der Waals surface area contributed by atoms with Crippen molar-refractivity contribution in [2.75, 3.05) is 43.4 Å². The largest absolute Gasteiger partial charge is 0.489 e. The van der Waals surface area contributed by atoms with Crippen molar-refractivity contribution in [3.8, 4) is 5.75 Å². The molecule has 3 aromatic carbocycles. The van der Waals surface area contributed by atoms with Crippen molar-refractivity contribution in [3.63, 3.8) is 0 Å². The molecule has 1 amide bonds. The third-order valence-electron chi connectivity index (χ3n) is 6.07. The van der Waals surface area contributed by atoms with Gasteiger partial charge in [0, 0.05) is 48.9 Å². The van der Waals surface area contributed by atoms with E-state index in [-0.39, 0.29) is 12.5 Å². The van der Waals surface area contributed by atoms with Crippen molar-refractivity contribution in [1.82, 2.24) is 15.1 Å². The number of halogens is 2. The molecule has 9 heteroatoms. The molecular weight excluding hydrogens is 452 g/mol. The van der Waals surface area contributed by atoms with E-state index in [1.807, 2.05) is 18.2 Å². The second-order valence-corrected chi connectivity index (χ2v) is 8.64. The lowest BCUT2D eigenvalue weighted by Gasteiger charge is -2.34. The van der Waals surface area contributed by atoms with E-state index in [0.717, 1.165) is 43.4 Å². The summed E-state index contributed by atoms with van der Waals surface area (Å²) < 4.78 is 32.6. The third-order valence-corrected chi connectivity index (χ3v) is 6.07. The molecule has 1 aromatic heterocycles. The molecule has 7 nitrogen and oxygen atoms in total. The van der Waals surface area contributed by atoms with E-state index < -0.39 is 11.6 Å². The zero-order chi connectivity index (χ0) is 24.4. The first-order chi connectivity index (χ1) is 16.9. The van der Waals surface area contributed by atoms with Gasteiger partial charge in [0.2, 0.25) is 0 Å². The molecule has 1 aliphatic rings. The van der Waals surface area contributed by atoms with Crippen molar-refractivity contribution >= 4 is 28.3 Å². The van der Waals surface area contributed by atoms with Crippen LogP contribution in [0.3, 0.4) is 0 Å². The molecule has 35 heavy (non-hydrogen) atoms. The zero-order valence-electron chi connectivity index (χ0n) is 19.2. The predicted molar refractivity (Wildman–Crippen MR) is 131 cm³/mol. The maximum absolute atomic E-state index is 13.4. The van der Waals surface area contributed by atoms with Crippen LogP contribution < -0.4 is 15.0 Å². The number of fused-ring (bicyclic) bond motifs is 1. The number of likely N-dealkylation sites (N-methyl/N-ethyl adjacent to an activating group) is 1. The van der Waals surface area contributed by atoms with Gasteiger partial charge < -0.3 is 19.9 Å². The molecule has 0 radical (unpaired) electrons. The Kier molecular flexibility index (Phi) is 6.33. The van der Waals surface area contributed by atoms with E-state index in [9.17, 15) is 13.6 Å². The second-order valence-electron chi connectivity index (χ2n) is 8.64. The standard InChI is InChI=1S/C26H25F2N5O2/c1-32-7-9-33(10-8-32)21-4-2-3-18(13-21)26(34)29-25-23-15-22(5-6-24(23)30-31-25)35-16-17-11-19(27)14-20(28)12-17/h2-6,11-15H,7-10,16H2,1H3,(H2,29,30,31,34).